The summed E-state index contributed by atoms with van der Waals surface area (Å²) in [6.07, 6.45) is 0. The Balaban J connectivity index is 2.34. The van der Waals surface area contributed by atoms with Crippen molar-refractivity contribution in [3.8, 4) is 10.2 Å². The molecule has 0 atom stereocenters. The number of benzene rings is 1. The molecule has 0 radical (unpaired) electrons. The first kappa shape index (κ1) is 9.63. The summed E-state index contributed by atoms with van der Waals surface area (Å²) in [5, 5.41) is 1.09. The Morgan fingerprint density at radius 1 is 1.21 bits per heavy atom. The Hall–Kier alpha value is -0.920. The van der Waals surface area contributed by atoms with Gasteiger partial charge in [-0.15, -0.1) is 0 Å². The molecule has 0 spiro atoms. The summed E-state index contributed by atoms with van der Waals surface area (Å²) >= 11 is 1.75. The molecule has 2 aromatic rings. The molecule has 0 bridgehead atoms. The van der Waals surface area contributed by atoms with Gasteiger partial charge in [-0.2, -0.15) is 4.75 Å². The molecule has 14 heavy (non-hydrogen) atoms. The number of hydrogen-bond donors (Lipinski definition) is 0. The van der Waals surface area contributed by atoms with Crippen LogP contribution in [0, 0.1) is 0 Å². The molecule has 0 amide bonds. The summed E-state index contributed by atoms with van der Waals surface area (Å²) in [5.41, 5.74) is 1.28. The second-order valence-electron chi connectivity index (χ2n) is 3.15. The Labute approximate surface area is 89.4 Å². The summed E-state index contributed by atoms with van der Waals surface area (Å²) in [5.74, 6) is 0. The van der Waals surface area contributed by atoms with Gasteiger partial charge in [-0.05, 0) is 5.56 Å². The van der Waals surface area contributed by atoms with Crippen LogP contribution in [0.5, 0.6) is 0 Å². The fourth-order valence-electron chi connectivity index (χ4n) is 1.09. The van der Waals surface area contributed by atoms with Crippen LogP contribution in [-0.4, -0.2) is 18.8 Å². The van der Waals surface area contributed by atoms with Crippen molar-refractivity contribution in [3.05, 3.63) is 30.3 Å². The highest BCUT2D eigenvalue weighted by Gasteiger charge is 2.05. The van der Waals surface area contributed by atoms with E-state index in [1.54, 1.807) is 11.3 Å². The van der Waals surface area contributed by atoms with Crippen LogP contribution in [0.4, 0.5) is 5.13 Å². The minimum Gasteiger partial charge on any atom is -0.354 e. The third kappa shape index (κ3) is 1.94. The SMILES string of the molecule is CN(C)c1npc(-c2ccccc2)s1. The first-order valence-electron chi connectivity index (χ1n) is 4.33. The number of anilines is 1. The number of nitrogens with zero attached hydrogens (tertiary/aromatic N) is 2. The Morgan fingerprint density at radius 2 is 1.93 bits per heavy atom. The summed E-state index contributed by atoms with van der Waals surface area (Å²) in [6, 6.07) is 10.4. The second kappa shape index (κ2) is 4.07. The molecule has 0 saturated heterocycles. The van der Waals surface area contributed by atoms with Gasteiger partial charge >= 0.3 is 0 Å². The van der Waals surface area contributed by atoms with E-state index >= 15 is 0 Å². The van der Waals surface area contributed by atoms with Crippen LogP contribution < -0.4 is 4.90 Å². The molecule has 0 aliphatic carbocycles. The van der Waals surface area contributed by atoms with Crippen LogP contribution in [0.15, 0.2) is 30.3 Å². The summed E-state index contributed by atoms with van der Waals surface area (Å²) in [6.45, 7) is 0. The summed E-state index contributed by atoms with van der Waals surface area (Å²) in [4.78, 5) is 2.05. The molecule has 0 unspecified atom stereocenters. The predicted octanol–water partition coefficient (Wildman–Crippen LogP) is 3.46. The van der Waals surface area contributed by atoms with Crippen molar-refractivity contribution < 1.29 is 0 Å². The Morgan fingerprint density at radius 3 is 2.50 bits per heavy atom. The van der Waals surface area contributed by atoms with Gasteiger partial charge in [-0.25, -0.2) is 0 Å². The van der Waals surface area contributed by atoms with Crippen molar-refractivity contribution in [1.82, 2.24) is 4.75 Å². The number of aromatic nitrogens is 1. The topological polar surface area (TPSA) is 16.1 Å². The van der Waals surface area contributed by atoms with Crippen LogP contribution in [-0.2, 0) is 0 Å². The minimum atomic E-state index is 1.07. The van der Waals surface area contributed by atoms with Gasteiger partial charge in [0.2, 0.25) is 0 Å². The van der Waals surface area contributed by atoms with E-state index in [1.165, 1.54) is 10.2 Å². The van der Waals surface area contributed by atoms with Crippen LogP contribution in [0.25, 0.3) is 10.2 Å². The van der Waals surface area contributed by atoms with E-state index in [4.69, 9.17) is 0 Å². The normalized spacial score (nSPS) is 10.7. The molecular weight excluding hydrogens is 211 g/mol. The van der Waals surface area contributed by atoms with E-state index in [2.05, 4.69) is 29.0 Å². The van der Waals surface area contributed by atoms with Gasteiger partial charge in [0.05, 0.1) is 13.0 Å². The van der Waals surface area contributed by atoms with Gasteiger partial charge < -0.3 is 4.90 Å². The second-order valence-corrected chi connectivity index (χ2v) is 5.28. The van der Waals surface area contributed by atoms with Crippen LogP contribution in [0.1, 0.15) is 0 Å². The van der Waals surface area contributed by atoms with Gasteiger partial charge in [-0.1, -0.05) is 41.7 Å². The monoisotopic (exact) mass is 222 g/mol. The molecule has 0 N–H and O–H groups in total. The standard InChI is InChI=1S/C10H11N2PS/c1-12(2)10-11-13-9(14-10)8-6-4-3-5-7-8/h3-7H,1-2H3. The summed E-state index contributed by atoms with van der Waals surface area (Å²) < 4.78 is 5.75. The molecule has 0 saturated carbocycles. The first-order valence-corrected chi connectivity index (χ1v) is 6.00. The predicted molar refractivity (Wildman–Crippen MR) is 64.4 cm³/mol. The summed E-state index contributed by atoms with van der Waals surface area (Å²) in [7, 11) is 5.11. The highest BCUT2D eigenvalue weighted by atomic mass is 32.1. The van der Waals surface area contributed by atoms with Gasteiger partial charge in [-0.3, -0.25) is 0 Å². The molecule has 4 heteroatoms. The lowest BCUT2D eigenvalue weighted by Crippen LogP contribution is -2.07. The van der Waals surface area contributed by atoms with Crippen molar-refractivity contribution in [2.24, 2.45) is 0 Å². The maximum atomic E-state index is 4.43. The average molecular weight is 222 g/mol. The lowest BCUT2D eigenvalue weighted by molar-refractivity contribution is 1.12. The molecule has 1 aromatic heterocycles. The van der Waals surface area contributed by atoms with E-state index in [9.17, 15) is 0 Å². The van der Waals surface area contributed by atoms with E-state index in [-0.39, 0.29) is 0 Å². The molecular formula is C10H11N2PS. The van der Waals surface area contributed by atoms with E-state index in [0.717, 1.165) is 13.5 Å². The molecule has 72 valence electrons. The average Bonchev–Trinajstić information content (AvgIpc) is 2.68. The van der Waals surface area contributed by atoms with E-state index in [1.807, 2.05) is 25.1 Å². The maximum Gasteiger partial charge on any atom is 0.189 e. The molecule has 1 heterocycles. The zero-order chi connectivity index (χ0) is 9.97. The van der Waals surface area contributed by atoms with Crippen molar-refractivity contribution in [1.29, 1.82) is 0 Å². The van der Waals surface area contributed by atoms with Crippen molar-refractivity contribution in [3.63, 3.8) is 0 Å². The van der Waals surface area contributed by atoms with Crippen LogP contribution in [0.2, 0.25) is 0 Å². The van der Waals surface area contributed by atoms with Crippen LogP contribution in [0.3, 0.4) is 0 Å². The molecule has 1 aromatic carbocycles. The van der Waals surface area contributed by atoms with Crippen molar-refractivity contribution in [2.75, 3.05) is 19.0 Å². The highest BCUT2D eigenvalue weighted by molar-refractivity contribution is 7.44. The van der Waals surface area contributed by atoms with Crippen molar-refractivity contribution in [2.45, 2.75) is 0 Å². The highest BCUT2D eigenvalue weighted by Crippen LogP contribution is 2.36. The number of rotatable bonds is 2. The molecule has 2 nitrogen and oxygen atoms in total. The molecule has 0 fully saturated rings. The third-order valence-electron chi connectivity index (χ3n) is 1.82. The minimum absolute atomic E-state index is 1.07. The first-order chi connectivity index (χ1) is 6.77. The van der Waals surface area contributed by atoms with Crippen LogP contribution >= 0.6 is 19.7 Å². The van der Waals surface area contributed by atoms with E-state index < -0.39 is 0 Å². The van der Waals surface area contributed by atoms with Gasteiger partial charge in [0.1, 0.15) is 0 Å². The fourth-order valence-corrected chi connectivity index (χ4v) is 3.14. The molecule has 0 aliphatic heterocycles. The fraction of sp³-hybridized carbons (Fsp3) is 0.200. The maximum absolute atomic E-state index is 4.43. The van der Waals surface area contributed by atoms with Crippen molar-refractivity contribution >= 4 is 24.8 Å². The zero-order valence-electron chi connectivity index (χ0n) is 8.14. The third-order valence-corrected chi connectivity index (χ3v) is 4.27. The Kier molecular flexibility index (Phi) is 2.80. The number of hydrogen-bond acceptors (Lipinski definition) is 3. The van der Waals surface area contributed by atoms with Gasteiger partial charge in [0.25, 0.3) is 0 Å². The molecule has 0 aliphatic rings. The largest absolute Gasteiger partial charge is 0.354 e. The zero-order valence-corrected chi connectivity index (χ0v) is 9.85. The lowest BCUT2D eigenvalue weighted by Gasteiger charge is -2.04. The quantitative estimate of drug-likeness (QED) is 0.773. The van der Waals surface area contributed by atoms with Gasteiger partial charge in [0.15, 0.2) is 5.13 Å². The smallest absolute Gasteiger partial charge is 0.189 e. The van der Waals surface area contributed by atoms with Gasteiger partial charge in [0, 0.05) is 14.1 Å². The van der Waals surface area contributed by atoms with E-state index in [0.29, 0.717) is 0 Å². The molecule has 2 rings (SSSR count). The lowest BCUT2D eigenvalue weighted by atomic mass is 10.2. The Bertz CT molecular complexity index is 411.